The molecule has 0 saturated carbocycles. The summed E-state index contributed by atoms with van der Waals surface area (Å²) in [7, 11) is 0. The molecule has 0 amide bonds. The van der Waals surface area contributed by atoms with Crippen LogP contribution in [-0.2, 0) is 0 Å². The molecule has 3 nitrogen and oxygen atoms in total. The van der Waals surface area contributed by atoms with Gasteiger partial charge in [-0.25, -0.2) is 0 Å². The summed E-state index contributed by atoms with van der Waals surface area (Å²) in [5.41, 5.74) is 4.79. The Morgan fingerprint density at radius 1 is 0.900 bits per heavy atom. The monoisotopic (exact) mass is 258 g/mol. The summed E-state index contributed by atoms with van der Waals surface area (Å²) >= 11 is 0. The van der Waals surface area contributed by atoms with Crippen LogP contribution in [0.5, 0.6) is 5.75 Å². The van der Waals surface area contributed by atoms with Gasteiger partial charge in [-0.1, -0.05) is 36.4 Å². The Hall–Kier alpha value is -2.99. The maximum absolute atomic E-state index is 10.5. The maximum atomic E-state index is 10.5. The summed E-state index contributed by atoms with van der Waals surface area (Å²) in [6.45, 7) is 0. The number of aromatic nitrogens is 1. The van der Waals surface area contributed by atoms with Crippen LogP contribution in [0.1, 0.15) is 5.56 Å². The van der Waals surface area contributed by atoms with E-state index in [1.54, 1.807) is 0 Å². The third-order valence-corrected chi connectivity index (χ3v) is 3.71. The van der Waals surface area contributed by atoms with E-state index in [1.165, 1.54) is 0 Å². The first-order chi connectivity index (χ1) is 9.81. The molecular formula is C17H10N2O. The lowest BCUT2D eigenvalue weighted by molar-refractivity contribution is 0.484. The van der Waals surface area contributed by atoms with Crippen molar-refractivity contribution in [2.75, 3.05) is 0 Å². The lowest BCUT2D eigenvalue weighted by Crippen LogP contribution is -1.81. The summed E-state index contributed by atoms with van der Waals surface area (Å²) < 4.78 is 1.94. The van der Waals surface area contributed by atoms with Gasteiger partial charge in [0.25, 0.3) is 0 Å². The van der Waals surface area contributed by atoms with Gasteiger partial charge in [-0.05, 0) is 23.8 Å². The number of aromatic hydroxyl groups is 1. The molecule has 3 heterocycles. The summed E-state index contributed by atoms with van der Waals surface area (Å²) in [5.74, 6) is 0.265. The van der Waals surface area contributed by atoms with Crippen LogP contribution in [0.3, 0.4) is 0 Å². The molecule has 3 aromatic heterocycles. The SMILES string of the molecule is N#Cc1cc2c(-c3ccccc3)c(O)c3cccc1n32. The Kier molecular flexibility index (Phi) is 2.04. The zero-order chi connectivity index (χ0) is 13.7. The number of pyridine rings is 1. The van der Waals surface area contributed by atoms with E-state index in [0.717, 1.165) is 27.7 Å². The van der Waals surface area contributed by atoms with Crippen LogP contribution in [-0.4, -0.2) is 9.51 Å². The molecule has 0 aliphatic heterocycles. The minimum absolute atomic E-state index is 0.265. The zero-order valence-electron chi connectivity index (χ0n) is 10.5. The fourth-order valence-electron chi connectivity index (χ4n) is 2.85. The Morgan fingerprint density at radius 2 is 1.65 bits per heavy atom. The summed E-state index contributed by atoms with van der Waals surface area (Å²) in [5, 5.41) is 19.8. The zero-order valence-corrected chi connectivity index (χ0v) is 10.5. The Morgan fingerprint density at radius 3 is 2.40 bits per heavy atom. The van der Waals surface area contributed by atoms with Crippen LogP contribution in [0.15, 0.2) is 54.6 Å². The second kappa shape index (κ2) is 3.75. The number of hydrogen-bond acceptors (Lipinski definition) is 2. The largest absolute Gasteiger partial charge is 0.505 e. The van der Waals surface area contributed by atoms with Gasteiger partial charge in [0, 0.05) is 5.56 Å². The minimum atomic E-state index is 0.265. The molecule has 94 valence electrons. The van der Waals surface area contributed by atoms with Crippen LogP contribution in [0, 0.1) is 11.3 Å². The number of nitriles is 1. The molecule has 0 aliphatic rings. The van der Waals surface area contributed by atoms with Gasteiger partial charge < -0.3 is 9.51 Å². The third kappa shape index (κ3) is 1.23. The van der Waals surface area contributed by atoms with Gasteiger partial charge in [-0.2, -0.15) is 5.26 Å². The van der Waals surface area contributed by atoms with Crippen LogP contribution < -0.4 is 0 Å². The van der Waals surface area contributed by atoms with Crippen molar-refractivity contribution in [3.63, 3.8) is 0 Å². The summed E-state index contributed by atoms with van der Waals surface area (Å²) in [6.07, 6.45) is 0. The molecule has 0 radical (unpaired) electrons. The summed E-state index contributed by atoms with van der Waals surface area (Å²) in [6, 6.07) is 19.4. The van der Waals surface area contributed by atoms with Crippen molar-refractivity contribution in [3.05, 3.63) is 60.2 Å². The van der Waals surface area contributed by atoms with Gasteiger partial charge >= 0.3 is 0 Å². The number of rotatable bonds is 1. The first-order valence-electron chi connectivity index (χ1n) is 6.35. The topological polar surface area (TPSA) is 48.4 Å². The van der Waals surface area contributed by atoms with Gasteiger partial charge in [0.2, 0.25) is 0 Å². The average molecular weight is 258 g/mol. The van der Waals surface area contributed by atoms with E-state index in [9.17, 15) is 10.4 Å². The molecule has 20 heavy (non-hydrogen) atoms. The molecule has 0 fully saturated rings. The van der Waals surface area contributed by atoms with Gasteiger partial charge in [0.05, 0.1) is 22.1 Å². The van der Waals surface area contributed by atoms with Crippen molar-refractivity contribution in [2.45, 2.75) is 0 Å². The van der Waals surface area contributed by atoms with E-state index in [1.807, 2.05) is 59.0 Å². The van der Waals surface area contributed by atoms with Gasteiger partial charge in [-0.15, -0.1) is 0 Å². The molecule has 1 N–H and O–H groups in total. The molecule has 0 unspecified atom stereocenters. The predicted octanol–water partition coefficient (Wildman–Crippen LogP) is 3.77. The fraction of sp³-hybridized carbons (Fsp3) is 0. The summed E-state index contributed by atoms with van der Waals surface area (Å²) in [4.78, 5) is 0. The average Bonchev–Trinajstić information content (AvgIpc) is 3.00. The van der Waals surface area contributed by atoms with E-state index in [0.29, 0.717) is 5.56 Å². The Balaban J connectivity index is 2.23. The third-order valence-electron chi connectivity index (χ3n) is 3.71. The number of hydrogen-bond donors (Lipinski definition) is 1. The maximum Gasteiger partial charge on any atom is 0.149 e. The van der Waals surface area contributed by atoms with Crippen molar-refractivity contribution in [3.8, 4) is 22.9 Å². The van der Waals surface area contributed by atoms with E-state index in [4.69, 9.17) is 0 Å². The highest BCUT2D eigenvalue weighted by Gasteiger charge is 2.20. The normalized spacial score (nSPS) is 11.2. The highest BCUT2D eigenvalue weighted by molar-refractivity contribution is 5.98. The highest BCUT2D eigenvalue weighted by Crippen LogP contribution is 2.42. The highest BCUT2D eigenvalue weighted by atomic mass is 16.3. The molecule has 0 atom stereocenters. The fourth-order valence-corrected chi connectivity index (χ4v) is 2.85. The van der Waals surface area contributed by atoms with E-state index in [-0.39, 0.29) is 5.75 Å². The van der Waals surface area contributed by atoms with Crippen molar-refractivity contribution >= 4 is 16.6 Å². The van der Waals surface area contributed by atoms with Crippen LogP contribution >= 0.6 is 0 Å². The standard InChI is InChI=1S/C17H10N2O/c18-10-12-9-15-16(11-5-2-1-3-6-11)17(20)14-8-4-7-13(12)19(14)15/h1-9,20H. The molecule has 4 aromatic rings. The van der Waals surface area contributed by atoms with E-state index >= 15 is 0 Å². The van der Waals surface area contributed by atoms with Gasteiger partial charge in [0.15, 0.2) is 0 Å². The Labute approximate surface area is 115 Å². The quantitative estimate of drug-likeness (QED) is 0.565. The molecule has 0 aliphatic carbocycles. The smallest absolute Gasteiger partial charge is 0.149 e. The predicted molar refractivity (Wildman–Crippen MR) is 77.9 cm³/mol. The van der Waals surface area contributed by atoms with Crippen molar-refractivity contribution in [2.24, 2.45) is 0 Å². The molecule has 4 rings (SSSR count). The van der Waals surface area contributed by atoms with Crippen molar-refractivity contribution in [1.82, 2.24) is 4.40 Å². The molecule has 0 spiro atoms. The second-order valence-corrected chi connectivity index (χ2v) is 4.78. The first kappa shape index (κ1) is 10.9. The molecule has 3 heteroatoms. The Bertz CT molecular complexity index is 961. The van der Waals surface area contributed by atoms with Gasteiger partial charge in [-0.3, -0.25) is 0 Å². The second-order valence-electron chi connectivity index (χ2n) is 4.78. The van der Waals surface area contributed by atoms with Crippen molar-refractivity contribution < 1.29 is 5.11 Å². The van der Waals surface area contributed by atoms with Gasteiger partial charge in [0.1, 0.15) is 11.8 Å². The molecule has 1 aromatic carbocycles. The molecular weight excluding hydrogens is 248 g/mol. The lowest BCUT2D eigenvalue weighted by Gasteiger charge is -1.99. The van der Waals surface area contributed by atoms with Crippen LogP contribution in [0.25, 0.3) is 27.7 Å². The lowest BCUT2D eigenvalue weighted by atomic mass is 10.1. The van der Waals surface area contributed by atoms with Crippen molar-refractivity contribution in [1.29, 1.82) is 5.26 Å². The van der Waals surface area contributed by atoms with E-state index in [2.05, 4.69) is 6.07 Å². The number of nitrogens with zero attached hydrogens (tertiary/aromatic N) is 2. The van der Waals surface area contributed by atoms with E-state index < -0.39 is 0 Å². The minimum Gasteiger partial charge on any atom is -0.505 e. The molecule has 0 bridgehead atoms. The molecule has 0 saturated heterocycles. The van der Waals surface area contributed by atoms with Crippen LogP contribution in [0.4, 0.5) is 0 Å². The van der Waals surface area contributed by atoms with Crippen LogP contribution in [0.2, 0.25) is 0 Å². The first-order valence-corrected chi connectivity index (χ1v) is 6.35. The number of benzene rings is 1.